The molecule has 1 aliphatic carbocycles. The van der Waals surface area contributed by atoms with Crippen molar-refractivity contribution in [1.82, 2.24) is 9.80 Å². The maximum absolute atomic E-state index is 12.4. The Morgan fingerprint density at radius 1 is 1.14 bits per heavy atom. The van der Waals surface area contributed by atoms with Crippen molar-refractivity contribution in [3.05, 3.63) is 22.4 Å². The zero-order valence-electron chi connectivity index (χ0n) is 12.4. The van der Waals surface area contributed by atoms with E-state index in [0.717, 1.165) is 56.7 Å². The van der Waals surface area contributed by atoms with Crippen LogP contribution in [0.3, 0.4) is 0 Å². The smallest absolute Gasteiger partial charge is 0.263 e. The van der Waals surface area contributed by atoms with Gasteiger partial charge in [-0.1, -0.05) is 18.9 Å². The summed E-state index contributed by atoms with van der Waals surface area (Å²) in [5.41, 5.74) is 0. The topological polar surface area (TPSA) is 43.8 Å². The first-order valence-electron chi connectivity index (χ1n) is 8.00. The summed E-state index contributed by atoms with van der Waals surface area (Å²) < 4.78 is 0. The molecule has 0 spiro atoms. The Labute approximate surface area is 130 Å². The minimum atomic E-state index is -0.182. The van der Waals surface area contributed by atoms with Gasteiger partial charge in [-0.25, -0.2) is 0 Å². The molecule has 4 nitrogen and oxygen atoms in total. The van der Waals surface area contributed by atoms with Crippen molar-refractivity contribution < 1.29 is 9.90 Å². The van der Waals surface area contributed by atoms with E-state index in [9.17, 15) is 9.90 Å². The lowest BCUT2D eigenvalue weighted by Gasteiger charge is -2.37. The number of nitrogens with zero attached hydrogens (tertiary/aromatic N) is 2. The summed E-state index contributed by atoms with van der Waals surface area (Å²) >= 11 is 1.52. The van der Waals surface area contributed by atoms with Crippen LogP contribution in [0.5, 0.6) is 0 Å². The van der Waals surface area contributed by atoms with E-state index in [-0.39, 0.29) is 12.0 Å². The van der Waals surface area contributed by atoms with Crippen molar-refractivity contribution in [1.29, 1.82) is 0 Å². The van der Waals surface area contributed by atoms with E-state index in [0.29, 0.717) is 6.04 Å². The number of rotatable bonds is 2. The first-order valence-corrected chi connectivity index (χ1v) is 8.88. The second kappa shape index (κ2) is 6.90. The molecule has 1 aromatic heterocycles. The van der Waals surface area contributed by atoms with Gasteiger partial charge in [-0.3, -0.25) is 9.69 Å². The van der Waals surface area contributed by atoms with Crippen LogP contribution in [0.15, 0.2) is 17.5 Å². The molecule has 2 unspecified atom stereocenters. The van der Waals surface area contributed by atoms with Crippen molar-refractivity contribution in [2.45, 2.75) is 44.2 Å². The number of hydrogen-bond acceptors (Lipinski definition) is 4. The van der Waals surface area contributed by atoms with Gasteiger partial charge in [-0.05, 0) is 30.7 Å². The third-order valence-corrected chi connectivity index (χ3v) is 5.57. The Kier molecular flexibility index (Phi) is 4.93. The van der Waals surface area contributed by atoms with Crippen molar-refractivity contribution in [2.75, 3.05) is 26.2 Å². The highest BCUT2D eigenvalue weighted by molar-refractivity contribution is 7.12. The normalized spacial score (nSPS) is 28.3. The average molecular weight is 308 g/mol. The molecule has 0 radical (unpaired) electrons. The zero-order valence-corrected chi connectivity index (χ0v) is 13.2. The van der Waals surface area contributed by atoms with E-state index in [1.165, 1.54) is 17.8 Å². The average Bonchev–Trinajstić information content (AvgIpc) is 2.92. The molecule has 0 aromatic carbocycles. The lowest BCUT2D eigenvalue weighted by Crippen LogP contribution is -2.47. The van der Waals surface area contributed by atoms with Gasteiger partial charge < -0.3 is 10.0 Å². The third-order valence-electron chi connectivity index (χ3n) is 4.71. The summed E-state index contributed by atoms with van der Waals surface area (Å²) in [4.78, 5) is 17.6. The van der Waals surface area contributed by atoms with Gasteiger partial charge >= 0.3 is 0 Å². The lowest BCUT2D eigenvalue weighted by atomic mass is 9.91. The Balaban J connectivity index is 1.60. The summed E-state index contributed by atoms with van der Waals surface area (Å²) in [7, 11) is 0. The van der Waals surface area contributed by atoms with Crippen LogP contribution in [-0.2, 0) is 0 Å². The van der Waals surface area contributed by atoms with Gasteiger partial charge in [0, 0.05) is 32.2 Å². The predicted octanol–water partition coefficient (Wildman–Crippen LogP) is 2.20. The standard InChI is InChI=1S/C16H24N2O2S/c19-14-6-2-1-5-13(14)17-8-4-9-18(11-10-17)16(20)15-7-3-12-21-15/h3,7,12-14,19H,1-2,4-6,8-11H2. The van der Waals surface area contributed by atoms with Gasteiger partial charge in [0.15, 0.2) is 0 Å². The Bertz CT molecular complexity index is 463. The Morgan fingerprint density at radius 2 is 2.00 bits per heavy atom. The number of aliphatic hydroxyl groups excluding tert-OH is 1. The van der Waals surface area contributed by atoms with Crippen LogP contribution in [0.25, 0.3) is 0 Å². The summed E-state index contributed by atoms with van der Waals surface area (Å²) in [6.07, 6.45) is 5.21. The minimum absolute atomic E-state index is 0.163. The molecular formula is C16H24N2O2S. The summed E-state index contributed by atoms with van der Waals surface area (Å²) in [5, 5.41) is 12.2. The molecule has 1 amide bonds. The first kappa shape index (κ1) is 15.0. The summed E-state index contributed by atoms with van der Waals surface area (Å²) in [5.74, 6) is 0.163. The van der Waals surface area contributed by atoms with Crippen LogP contribution in [0.1, 0.15) is 41.8 Å². The minimum Gasteiger partial charge on any atom is -0.391 e. The first-order chi connectivity index (χ1) is 10.3. The van der Waals surface area contributed by atoms with Crippen molar-refractivity contribution in [3.8, 4) is 0 Å². The molecule has 1 aromatic rings. The number of aliphatic hydroxyl groups is 1. The maximum Gasteiger partial charge on any atom is 0.263 e. The molecule has 21 heavy (non-hydrogen) atoms. The van der Waals surface area contributed by atoms with E-state index >= 15 is 0 Å². The second-order valence-corrected chi connectivity index (χ2v) is 7.03. The predicted molar refractivity (Wildman–Crippen MR) is 84.7 cm³/mol. The fourth-order valence-corrected chi connectivity index (χ4v) is 4.24. The van der Waals surface area contributed by atoms with Gasteiger partial charge in [0.1, 0.15) is 0 Å². The maximum atomic E-state index is 12.4. The number of carbonyl (C=O) groups is 1. The van der Waals surface area contributed by atoms with Crippen LogP contribution in [0, 0.1) is 0 Å². The van der Waals surface area contributed by atoms with Crippen LogP contribution in [0.2, 0.25) is 0 Å². The molecule has 3 rings (SSSR count). The fraction of sp³-hybridized carbons (Fsp3) is 0.688. The molecule has 2 fully saturated rings. The third kappa shape index (κ3) is 3.47. The van der Waals surface area contributed by atoms with E-state index in [1.807, 2.05) is 22.4 Å². The van der Waals surface area contributed by atoms with E-state index in [1.54, 1.807) is 0 Å². The molecule has 1 aliphatic heterocycles. The van der Waals surface area contributed by atoms with Crippen molar-refractivity contribution in [2.24, 2.45) is 0 Å². The van der Waals surface area contributed by atoms with Gasteiger partial charge in [-0.2, -0.15) is 0 Å². The van der Waals surface area contributed by atoms with Gasteiger partial charge in [0.05, 0.1) is 11.0 Å². The molecular weight excluding hydrogens is 284 g/mol. The van der Waals surface area contributed by atoms with Crippen molar-refractivity contribution >= 4 is 17.2 Å². The van der Waals surface area contributed by atoms with Crippen LogP contribution < -0.4 is 0 Å². The Morgan fingerprint density at radius 3 is 2.76 bits per heavy atom. The largest absolute Gasteiger partial charge is 0.391 e. The van der Waals surface area contributed by atoms with Crippen LogP contribution in [-0.4, -0.2) is 59.1 Å². The highest BCUT2D eigenvalue weighted by Gasteiger charge is 2.30. The zero-order chi connectivity index (χ0) is 14.7. The van der Waals surface area contributed by atoms with Crippen molar-refractivity contribution in [3.63, 3.8) is 0 Å². The van der Waals surface area contributed by atoms with Crippen LogP contribution in [0.4, 0.5) is 0 Å². The van der Waals surface area contributed by atoms with E-state index in [4.69, 9.17) is 0 Å². The monoisotopic (exact) mass is 308 g/mol. The van der Waals surface area contributed by atoms with E-state index in [2.05, 4.69) is 4.90 Å². The van der Waals surface area contributed by atoms with Gasteiger partial charge in [0.25, 0.3) is 5.91 Å². The number of carbonyl (C=O) groups excluding carboxylic acids is 1. The lowest BCUT2D eigenvalue weighted by molar-refractivity contribution is 0.0216. The molecule has 5 heteroatoms. The molecule has 2 atom stereocenters. The van der Waals surface area contributed by atoms with Crippen LogP contribution >= 0.6 is 11.3 Å². The van der Waals surface area contributed by atoms with E-state index < -0.39 is 0 Å². The SMILES string of the molecule is O=C(c1cccs1)N1CCCN(C2CCCCC2O)CC1. The number of thiophene rings is 1. The molecule has 2 aliphatic rings. The molecule has 1 N–H and O–H groups in total. The molecule has 116 valence electrons. The highest BCUT2D eigenvalue weighted by atomic mass is 32.1. The highest BCUT2D eigenvalue weighted by Crippen LogP contribution is 2.24. The number of amides is 1. The second-order valence-electron chi connectivity index (χ2n) is 6.08. The van der Waals surface area contributed by atoms with Gasteiger partial charge in [0.2, 0.25) is 0 Å². The van der Waals surface area contributed by atoms with Gasteiger partial charge in [-0.15, -0.1) is 11.3 Å². The molecule has 1 saturated heterocycles. The summed E-state index contributed by atoms with van der Waals surface area (Å²) in [6, 6.07) is 4.14. The quantitative estimate of drug-likeness (QED) is 0.911. The molecule has 0 bridgehead atoms. The molecule has 1 saturated carbocycles. The summed E-state index contributed by atoms with van der Waals surface area (Å²) in [6.45, 7) is 3.49. The number of hydrogen-bond donors (Lipinski definition) is 1. The molecule has 2 heterocycles. The fourth-order valence-electron chi connectivity index (χ4n) is 3.55. The Hall–Kier alpha value is -0.910.